The number of hydrogen-bond donors (Lipinski definition) is 2. The summed E-state index contributed by atoms with van der Waals surface area (Å²) in [6, 6.07) is 7.73. The van der Waals surface area contributed by atoms with Crippen LogP contribution in [0.4, 0.5) is 8.78 Å². The van der Waals surface area contributed by atoms with Crippen molar-refractivity contribution < 1.29 is 23.5 Å². The van der Waals surface area contributed by atoms with Crippen LogP contribution >= 0.6 is 0 Å². The van der Waals surface area contributed by atoms with Gasteiger partial charge >= 0.3 is 5.97 Å². The summed E-state index contributed by atoms with van der Waals surface area (Å²) in [4.78, 5) is 21.8. The van der Waals surface area contributed by atoms with E-state index in [-0.39, 0.29) is 17.3 Å². The third-order valence-electron chi connectivity index (χ3n) is 3.19. The molecule has 0 radical (unpaired) electrons. The Kier molecular flexibility index (Phi) is 7.04. The Morgan fingerprint density at radius 2 is 1.42 bits per heavy atom. The maximum absolute atomic E-state index is 12.7. The molecule has 2 aromatic rings. The molecule has 4 nitrogen and oxygen atoms in total. The van der Waals surface area contributed by atoms with Gasteiger partial charge in [-0.2, -0.15) is 0 Å². The van der Waals surface area contributed by atoms with Gasteiger partial charge in [0, 0.05) is 12.1 Å². The summed E-state index contributed by atoms with van der Waals surface area (Å²) < 4.78 is 25.1. The number of hydrogen-bond acceptors (Lipinski definition) is 2. The smallest absolute Gasteiger partial charge is 0.335 e. The Morgan fingerprint density at radius 1 is 0.958 bits per heavy atom. The van der Waals surface area contributed by atoms with Crippen molar-refractivity contribution in [2.75, 3.05) is 6.54 Å². The van der Waals surface area contributed by atoms with Crippen molar-refractivity contribution >= 4 is 11.9 Å². The lowest BCUT2D eigenvalue weighted by atomic mass is 10.1. The van der Waals surface area contributed by atoms with Gasteiger partial charge in [0.25, 0.3) is 5.91 Å². The van der Waals surface area contributed by atoms with E-state index < -0.39 is 11.8 Å². The largest absolute Gasteiger partial charge is 0.478 e. The molecule has 0 bridgehead atoms. The molecule has 0 aliphatic heterocycles. The topological polar surface area (TPSA) is 66.4 Å². The Hall–Kier alpha value is -2.76. The zero-order valence-corrected chi connectivity index (χ0v) is 13.7. The monoisotopic (exact) mass is 335 g/mol. The van der Waals surface area contributed by atoms with Gasteiger partial charge in [-0.25, -0.2) is 13.6 Å². The van der Waals surface area contributed by atoms with Crippen molar-refractivity contribution in [2.45, 2.75) is 20.8 Å². The third kappa shape index (κ3) is 5.46. The van der Waals surface area contributed by atoms with Crippen LogP contribution in [0.25, 0.3) is 0 Å². The minimum Gasteiger partial charge on any atom is -0.478 e. The fourth-order valence-corrected chi connectivity index (χ4v) is 2.00. The molecule has 0 heterocycles. The van der Waals surface area contributed by atoms with E-state index in [1.807, 2.05) is 6.92 Å². The minimum absolute atomic E-state index is 0.145. The van der Waals surface area contributed by atoms with Gasteiger partial charge in [0.2, 0.25) is 0 Å². The van der Waals surface area contributed by atoms with Gasteiger partial charge in [-0.3, -0.25) is 4.79 Å². The molecule has 2 aromatic carbocycles. The van der Waals surface area contributed by atoms with Gasteiger partial charge in [0.15, 0.2) is 0 Å². The lowest BCUT2D eigenvalue weighted by molar-refractivity contribution is 0.0695. The van der Waals surface area contributed by atoms with Crippen LogP contribution in [0.2, 0.25) is 0 Å². The maximum Gasteiger partial charge on any atom is 0.335 e. The van der Waals surface area contributed by atoms with E-state index in [2.05, 4.69) is 5.32 Å². The molecule has 0 aliphatic rings. The highest BCUT2D eigenvalue weighted by Crippen LogP contribution is 2.10. The third-order valence-corrected chi connectivity index (χ3v) is 3.19. The summed E-state index contributed by atoms with van der Waals surface area (Å²) in [7, 11) is 0. The molecular weight excluding hydrogens is 316 g/mol. The number of rotatable bonds is 3. The van der Waals surface area contributed by atoms with Gasteiger partial charge in [0.05, 0.1) is 5.56 Å². The molecule has 2 rings (SSSR count). The summed E-state index contributed by atoms with van der Waals surface area (Å²) in [5.41, 5.74) is 1.78. The predicted molar refractivity (Wildman–Crippen MR) is 87.2 cm³/mol. The summed E-state index contributed by atoms with van der Waals surface area (Å²) in [6.07, 6.45) is 0. The number of amides is 1. The second-order valence-electron chi connectivity index (χ2n) is 5.08. The zero-order valence-electron chi connectivity index (χ0n) is 13.7. The average Bonchev–Trinajstić information content (AvgIpc) is 2.47. The fraction of sp³-hybridized carbons (Fsp3) is 0.222. The normalized spacial score (nSPS) is 9.71. The number of carbonyl (C=O) groups excluding carboxylic acids is 1. The molecular formula is C18H19F2NO3. The summed E-state index contributed by atoms with van der Waals surface area (Å²) in [5.74, 6) is -1.90. The number of carboxylic acids is 1. The van der Waals surface area contributed by atoms with Crippen molar-refractivity contribution in [3.8, 4) is 0 Å². The van der Waals surface area contributed by atoms with Crippen molar-refractivity contribution in [3.63, 3.8) is 0 Å². The van der Waals surface area contributed by atoms with Gasteiger partial charge in [-0.1, -0.05) is 0 Å². The summed E-state index contributed by atoms with van der Waals surface area (Å²) in [6.45, 7) is 5.70. The molecule has 1 amide bonds. The number of aromatic carboxylic acids is 1. The van der Waals surface area contributed by atoms with Gasteiger partial charge < -0.3 is 10.4 Å². The van der Waals surface area contributed by atoms with Gasteiger partial charge in [-0.15, -0.1) is 0 Å². The van der Waals surface area contributed by atoms with Crippen LogP contribution in [-0.4, -0.2) is 23.5 Å². The van der Waals surface area contributed by atoms with Gasteiger partial charge in [0.1, 0.15) is 11.6 Å². The first kappa shape index (κ1) is 19.3. The number of aryl methyl sites for hydroxylation is 2. The van der Waals surface area contributed by atoms with E-state index in [9.17, 15) is 18.4 Å². The van der Waals surface area contributed by atoms with E-state index in [1.165, 1.54) is 30.3 Å². The van der Waals surface area contributed by atoms with Crippen LogP contribution < -0.4 is 5.32 Å². The molecule has 0 fully saturated rings. The fourth-order valence-electron chi connectivity index (χ4n) is 2.00. The molecule has 128 valence electrons. The Balaban J connectivity index is 0.000000243. The first-order valence-corrected chi connectivity index (χ1v) is 7.30. The van der Waals surface area contributed by atoms with E-state index in [0.29, 0.717) is 23.2 Å². The van der Waals surface area contributed by atoms with Crippen LogP contribution in [0.1, 0.15) is 38.8 Å². The number of carboxylic acid groups (broad SMARTS) is 1. The molecule has 0 aliphatic carbocycles. The van der Waals surface area contributed by atoms with Crippen LogP contribution in [0.15, 0.2) is 36.4 Å². The molecule has 0 saturated carbocycles. The van der Waals surface area contributed by atoms with E-state index in [1.54, 1.807) is 13.8 Å². The van der Waals surface area contributed by atoms with E-state index in [4.69, 9.17) is 5.11 Å². The summed E-state index contributed by atoms with van der Waals surface area (Å²) >= 11 is 0. The van der Waals surface area contributed by atoms with Crippen molar-refractivity contribution in [1.82, 2.24) is 5.32 Å². The molecule has 0 spiro atoms. The van der Waals surface area contributed by atoms with E-state index in [0.717, 1.165) is 6.07 Å². The van der Waals surface area contributed by atoms with Crippen LogP contribution in [0.3, 0.4) is 0 Å². The standard InChI is InChI=1S/C10H12FNO.C8H7FO2/c1-3-12-10(13)9-5-4-8(11)6-7(9)2;1-5-4-6(9)2-3-7(5)8(10)11/h4-6H,3H2,1-2H3,(H,12,13);2-4H,1H3,(H,10,11). The zero-order chi connectivity index (χ0) is 18.3. The highest BCUT2D eigenvalue weighted by molar-refractivity contribution is 5.95. The second-order valence-corrected chi connectivity index (χ2v) is 5.08. The highest BCUT2D eigenvalue weighted by atomic mass is 19.1. The number of benzene rings is 2. The number of carbonyl (C=O) groups is 2. The van der Waals surface area contributed by atoms with Crippen LogP contribution in [-0.2, 0) is 0 Å². The lowest BCUT2D eigenvalue weighted by Gasteiger charge is -2.04. The predicted octanol–water partition coefficient (Wildman–Crippen LogP) is 3.72. The Bertz CT molecular complexity index is 745. The van der Waals surface area contributed by atoms with Crippen LogP contribution in [0, 0.1) is 25.5 Å². The Morgan fingerprint density at radius 3 is 1.79 bits per heavy atom. The molecule has 6 heteroatoms. The first-order chi connectivity index (χ1) is 11.3. The number of halogens is 2. The first-order valence-electron chi connectivity index (χ1n) is 7.30. The average molecular weight is 335 g/mol. The number of nitrogens with one attached hydrogen (secondary N) is 1. The van der Waals surface area contributed by atoms with Crippen LogP contribution in [0.5, 0.6) is 0 Å². The molecule has 0 unspecified atom stereocenters. The highest BCUT2D eigenvalue weighted by Gasteiger charge is 2.07. The molecule has 0 aromatic heterocycles. The molecule has 0 saturated heterocycles. The maximum atomic E-state index is 12.7. The van der Waals surface area contributed by atoms with E-state index >= 15 is 0 Å². The SMILES string of the molecule is CCNC(=O)c1ccc(F)cc1C.Cc1cc(F)ccc1C(=O)O. The van der Waals surface area contributed by atoms with Crippen molar-refractivity contribution in [1.29, 1.82) is 0 Å². The van der Waals surface area contributed by atoms with Gasteiger partial charge in [-0.05, 0) is 68.3 Å². The molecule has 0 atom stereocenters. The lowest BCUT2D eigenvalue weighted by Crippen LogP contribution is -2.23. The quantitative estimate of drug-likeness (QED) is 0.898. The van der Waals surface area contributed by atoms with Crippen molar-refractivity contribution in [3.05, 3.63) is 70.3 Å². The van der Waals surface area contributed by atoms with Crippen molar-refractivity contribution in [2.24, 2.45) is 0 Å². The molecule has 24 heavy (non-hydrogen) atoms. The Labute approximate surface area is 139 Å². The molecule has 2 N–H and O–H groups in total. The minimum atomic E-state index is -1.03. The summed E-state index contributed by atoms with van der Waals surface area (Å²) in [5, 5.41) is 11.2. The second kappa shape index (κ2) is 8.76.